The van der Waals surface area contributed by atoms with Gasteiger partial charge in [0.25, 0.3) is 11.8 Å². The van der Waals surface area contributed by atoms with Gasteiger partial charge in [-0.05, 0) is 96.7 Å². The molecule has 0 saturated heterocycles. The Morgan fingerprint density at radius 3 is 2.38 bits per heavy atom. The number of hydrogen-bond acceptors (Lipinski definition) is 4. The molecule has 2 N–H and O–H groups in total. The number of fused-ring (bicyclic) bond motifs is 1. The molecule has 186 valence electrons. The molecule has 3 aromatic carbocycles. The third kappa shape index (κ3) is 5.76. The third-order valence-corrected chi connectivity index (χ3v) is 6.82. The summed E-state index contributed by atoms with van der Waals surface area (Å²) in [6.45, 7) is 3.86. The Morgan fingerprint density at radius 2 is 1.59 bits per heavy atom. The number of benzene rings is 3. The Bertz CT molecular complexity index is 1420. The van der Waals surface area contributed by atoms with Gasteiger partial charge in [-0.15, -0.1) is 0 Å². The predicted molar refractivity (Wildman–Crippen MR) is 146 cm³/mol. The molecule has 0 spiro atoms. The average Bonchev–Trinajstić information content (AvgIpc) is 2.93. The van der Waals surface area contributed by atoms with Crippen LogP contribution in [0.1, 0.15) is 50.4 Å². The highest BCUT2D eigenvalue weighted by atomic mass is 16.2. The van der Waals surface area contributed by atoms with Crippen molar-refractivity contribution in [2.75, 3.05) is 18.9 Å². The van der Waals surface area contributed by atoms with Crippen LogP contribution in [-0.2, 0) is 13.0 Å². The predicted octanol–water partition coefficient (Wildman–Crippen LogP) is 5.48. The van der Waals surface area contributed by atoms with Gasteiger partial charge in [0, 0.05) is 42.3 Å². The molecule has 0 bridgehead atoms. The van der Waals surface area contributed by atoms with Crippen molar-refractivity contribution in [2.45, 2.75) is 25.9 Å². The summed E-state index contributed by atoms with van der Waals surface area (Å²) in [5, 5.41) is 6.07. The van der Waals surface area contributed by atoms with E-state index in [0.717, 1.165) is 41.9 Å². The second-order valence-electron chi connectivity index (χ2n) is 9.56. The Hall–Kier alpha value is -4.29. The van der Waals surface area contributed by atoms with E-state index in [0.29, 0.717) is 11.1 Å². The van der Waals surface area contributed by atoms with Crippen LogP contribution in [0, 0.1) is 0 Å². The normalized spacial score (nSPS) is 13.9. The molecule has 6 nitrogen and oxygen atoms in total. The van der Waals surface area contributed by atoms with E-state index in [1.807, 2.05) is 67.6 Å². The summed E-state index contributed by atoms with van der Waals surface area (Å²) in [5.74, 6) is -0.334. The summed E-state index contributed by atoms with van der Waals surface area (Å²) in [6.07, 6.45) is 4.52. The van der Waals surface area contributed by atoms with Gasteiger partial charge in [-0.1, -0.05) is 30.3 Å². The van der Waals surface area contributed by atoms with Crippen LogP contribution in [0.5, 0.6) is 0 Å². The molecule has 0 aliphatic carbocycles. The lowest BCUT2D eigenvalue weighted by atomic mass is 9.99. The van der Waals surface area contributed by atoms with Gasteiger partial charge in [0.1, 0.15) is 0 Å². The maximum absolute atomic E-state index is 13.0. The first-order chi connectivity index (χ1) is 18.0. The number of carbonyl (C=O) groups excluding carboxylic acids is 2. The second-order valence-corrected chi connectivity index (χ2v) is 9.56. The van der Waals surface area contributed by atoms with Crippen LogP contribution in [0.2, 0.25) is 0 Å². The van der Waals surface area contributed by atoms with Crippen molar-refractivity contribution < 1.29 is 9.59 Å². The molecule has 0 fully saturated rings. The summed E-state index contributed by atoms with van der Waals surface area (Å²) in [4.78, 5) is 32.2. The summed E-state index contributed by atoms with van der Waals surface area (Å²) in [6, 6.07) is 24.6. The first-order valence-corrected chi connectivity index (χ1v) is 12.5. The van der Waals surface area contributed by atoms with E-state index >= 15 is 0 Å². The van der Waals surface area contributed by atoms with Crippen LogP contribution in [0.15, 0.2) is 91.3 Å². The van der Waals surface area contributed by atoms with Gasteiger partial charge in [0.05, 0.1) is 6.04 Å². The summed E-state index contributed by atoms with van der Waals surface area (Å²) < 4.78 is 0. The molecule has 1 aromatic heterocycles. The van der Waals surface area contributed by atoms with Gasteiger partial charge in [-0.2, -0.15) is 0 Å². The molecule has 0 radical (unpaired) electrons. The molecule has 1 aliphatic rings. The molecule has 4 aromatic rings. The fourth-order valence-corrected chi connectivity index (χ4v) is 4.65. The van der Waals surface area contributed by atoms with Gasteiger partial charge in [0.2, 0.25) is 0 Å². The van der Waals surface area contributed by atoms with E-state index in [4.69, 9.17) is 0 Å². The minimum absolute atomic E-state index is 0.164. The first-order valence-electron chi connectivity index (χ1n) is 12.5. The zero-order valence-electron chi connectivity index (χ0n) is 21.1. The van der Waals surface area contributed by atoms with Crippen LogP contribution in [0.3, 0.4) is 0 Å². The number of likely N-dealkylation sites (N-methyl/N-ethyl adjacent to an activating group) is 1. The molecule has 6 heteroatoms. The smallest absolute Gasteiger partial charge is 0.255 e. The average molecular weight is 491 g/mol. The van der Waals surface area contributed by atoms with E-state index in [9.17, 15) is 9.59 Å². The molecule has 37 heavy (non-hydrogen) atoms. The summed E-state index contributed by atoms with van der Waals surface area (Å²) >= 11 is 0. The van der Waals surface area contributed by atoms with Crippen molar-refractivity contribution >= 4 is 17.5 Å². The molecule has 0 saturated carbocycles. The van der Waals surface area contributed by atoms with Gasteiger partial charge < -0.3 is 15.5 Å². The topological polar surface area (TPSA) is 74.3 Å². The Balaban J connectivity index is 1.23. The highest BCUT2D eigenvalue weighted by molar-refractivity contribution is 6.04. The fraction of sp³-hybridized carbons (Fsp3) is 0.194. The van der Waals surface area contributed by atoms with E-state index in [2.05, 4.69) is 39.7 Å². The lowest BCUT2D eigenvalue weighted by Gasteiger charge is -2.25. The van der Waals surface area contributed by atoms with Crippen LogP contribution in [0.4, 0.5) is 5.69 Å². The van der Waals surface area contributed by atoms with Crippen LogP contribution < -0.4 is 10.6 Å². The maximum Gasteiger partial charge on any atom is 0.255 e. The molecule has 5 rings (SSSR count). The Morgan fingerprint density at radius 1 is 0.838 bits per heavy atom. The monoisotopic (exact) mass is 490 g/mol. The van der Waals surface area contributed by atoms with E-state index in [-0.39, 0.29) is 17.9 Å². The highest BCUT2D eigenvalue weighted by Crippen LogP contribution is 2.23. The molecule has 2 heterocycles. The minimum atomic E-state index is -0.264. The lowest BCUT2D eigenvalue weighted by Crippen LogP contribution is -2.27. The molecular weight excluding hydrogens is 460 g/mol. The lowest BCUT2D eigenvalue weighted by molar-refractivity contribution is 0.0939. The van der Waals surface area contributed by atoms with E-state index in [1.54, 1.807) is 18.5 Å². The number of pyridine rings is 1. The number of amides is 2. The molecule has 1 aliphatic heterocycles. The quantitative estimate of drug-likeness (QED) is 0.375. The standard InChI is InChI=1S/C31H30N4O2/c1-21(33-30(36)25-8-6-22(7-9-25)24-12-15-32-16-13-24)26-4-3-5-27(18-26)31(37)34-29-11-10-23-14-17-35(2)20-28(23)19-29/h3-13,15-16,18-19,21H,14,17,20H2,1-2H3,(H,33,36)(H,34,37)/t21-/m1/s1. The Kier molecular flexibility index (Phi) is 7.10. The SMILES string of the molecule is C[C@@H](NC(=O)c1ccc(-c2ccncc2)cc1)c1cccc(C(=O)Nc2ccc3c(c2)CN(C)CC3)c1. The number of aromatic nitrogens is 1. The molecule has 0 unspecified atom stereocenters. The highest BCUT2D eigenvalue weighted by Gasteiger charge is 2.16. The number of rotatable bonds is 6. The van der Waals surface area contributed by atoms with E-state index < -0.39 is 0 Å². The van der Waals surface area contributed by atoms with Gasteiger partial charge in [-0.25, -0.2) is 0 Å². The maximum atomic E-state index is 13.0. The number of nitrogens with zero attached hydrogens (tertiary/aromatic N) is 2. The summed E-state index contributed by atoms with van der Waals surface area (Å²) in [5.41, 5.74) is 7.46. The van der Waals surface area contributed by atoms with Crippen molar-refractivity contribution in [1.29, 1.82) is 0 Å². The van der Waals surface area contributed by atoms with Crippen LogP contribution >= 0.6 is 0 Å². The number of nitrogens with one attached hydrogen (secondary N) is 2. The van der Waals surface area contributed by atoms with Crippen molar-refractivity contribution in [3.63, 3.8) is 0 Å². The van der Waals surface area contributed by atoms with Gasteiger partial charge in [-0.3, -0.25) is 14.6 Å². The molecule has 1 atom stereocenters. The fourth-order valence-electron chi connectivity index (χ4n) is 4.65. The number of carbonyl (C=O) groups is 2. The summed E-state index contributed by atoms with van der Waals surface area (Å²) in [7, 11) is 2.11. The van der Waals surface area contributed by atoms with Crippen molar-refractivity contribution in [3.8, 4) is 11.1 Å². The second kappa shape index (κ2) is 10.8. The number of anilines is 1. The van der Waals surface area contributed by atoms with Gasteiger partial charge >= 0.3 is 0 Å². The van der Waals surface area contributed by atoms with E-state index in [1.165, 1.54) is 11.1 Å². The van der Waals surface area contributed by atoms with Crippen molar-refractivity contribution in [3.05, 3.63) is 119 Å². The zero-order valence-corrected chi connectivity index (χ0v) is 21.1. The third-order valence-electron chi connectivity index (χ3n) is 6.82. The first kappa shape index (κ1) is 24.4. The van der Waals surface area contributed by atoms with Crippen LogP contribution in [-0.4, -0.2) is 35.3 Å². The van der Waals surface area contributed by atoms with Crippen molar-refractivity contribution in [2.24, 2.45) is 0 Å². The largest absolute Gasteiger partial charge is 0.346 e. The van der Waals surface area contributed by atoms with Crippen molar-refractivity contribution in [1.82, 2.24) is 15.2 Å². The molecule has 2 amide bonds. The van der Waals surface area contributed by atoms with Crippen LogP contribution in [0.25, 0.3) is 11.1 Å². The van der Waals surface area contributed by atoms with Gasteiger partial charge in [0.15, 0.2) is 0 Å². The zero-order chi connectivity index (χ0) is 25.8. The Labute approximate surface area is 217 Å². The number of hydrogen-bond donors (Lipinski definition) is 2. The minimum Gasteiger partial charge on any atom is -0.346 e. The molecular formula is C31H30N4O2.